The maximum absolute atomic E-state index is 13.0. The van der Waals surface area contributed by atoms with Crippen LogP contribution in [0.5, 0.6) is 5.75 Å². The van der Waals surface area contributed by atoms with Crippen molar-refractivity contribution < 1.29 is 39.2 Å². The molecule has 4 rings (SSSR count). The van der Waals surface area contributed by atoms with Gasteiger partial charge in [0.2, 0.25) is 12.2 Å². The lowest BCUT2D eigenvalue weighted by Gasteiger charge is -2.38. The molecule has 1 fully saturated rings. The fraction of sp³-hybridized carbons (Fsp3) is 0.500. The van der Waals surface area contributed by atoms with Crippen molar-refractivity contribution in [2.75, 3.05) is 33.8 Å². The van der Waals surface area contributed by atoms with Crippen molar-refractivity contribution >= 4 is 11.8 Å². The summed E-state index contributed by atoms with van der Waals surface area (Å²) in [6, 6.07) is 14.5. The molecule has 1 saturated heterocycles. The average Bonchev–Trinajstić information content (AvgIpc) is 3.29. The van der Waals surface area contributed by atoms with Crippen LogP contribution in [0.4, 0.5) is 0 Å². The predicted octanol–water partition coefficient (Wildman–Crippen LogP) is 0.188. The summed E-state index contributed by atoms with van der Waals surface area (Å²) in [5.74, 6) is -0.0356. The van der Waals surface area contributed by atoms with E-state index in [-0.39, 0.29) is 29.9 Å². The highest BCUT2D eigenvalue weighted by atomic mass is 16.8. The average molecular weight is 544 g/mol. The first-order chi connectivity index (χ1) is 18.7. The monoisotopic (exact) mass is 543 g/mol. The number of likely N-dealkylation sites (N-methyl/N-ethyl adjacent to an activating group) is 1. The first-order valence-electron chi connectivity index (χ1n) is 13.0. The largest absolute Gasteiger partial charge is 0.492 e. The Bertz CT molecular complexity index is 1130. The minimum Gasteiger partial charge on any atom is -0.492 e. The standard InChI is InChI=1S/C28H37N3O8/c1-16-23(32)24(33)25(34)28(38-16)39-30-26(35)17-8-10-19(11-9-17)37-13-12-29-27(36)21-14-18-6-4-5-7-20(18)22(21)15-31(2)3/h4-11,16,21-25,28,32-34H,12-15H2,1-3H3,(H,29,36)(H,30,35)/t16-,21?,22?,23+,24+,25-,28-/m0/s1. The van der Waals surface area contributed by atoms with Crippen molar-refractivity contribution in [3.8, 4) is 5.75 Å². The second-order valence-electron chi connectivity index (χ2n) is 10.3. The van der Waals surface area contributed by atoms with Crippen LogP contribution in [0, 0.1) is 5.92 Å². The minimum absolute atomic E-state index is 0.0113. The second-order valence-corrected chi connectivity index (χ2v) is 10.3. The summed E-state index contributed by atoms with van der Waals surface area (Å²) in [6.45, 7) is 2.92. The van der Waals surface area contributed by atoms with E-state index in [4.69, 9.17) is 14.3 Å². The van der Waals surface area contributed by atoms with E-state index in [9.17, 15) is 24.9 Å². The number of nitrogens with zero attached hydrogens (tertiary/aromatic N) is 1. The van der Waals surface area contributed by atoms with Crippen molar-refractivity contribution in [1.82, 2.24) is 15.7 Å². The summed E-state index contributed by atoms with van der Waals surface area (Å²) in [5.41, 5.74) is 4.91. The van der Waals surface area contributed by atoms with Crippen LogP contribution in [0.1, 0.15) is 34.3 Å². The molecule has 2 aliphatic rings. The molecule has 2 aromatic carbocycles. The van der Waals surface area contributed by atoms with Crippen LogP contribution in [0.3, 0.4) is 0 Å². The maximum Gasteiger partial charge on any atom is 0.274 e. The first kappa shape index (κ1) is 28.9. The number of ether oxygens (including phenoxy) is 2. The Hall–Kier alpha value is -3.06. The van der Waals surface area contributed by atoms with Gasteiger partial charge in [-0.3, -0.25) is 9.59 Å². The third-order valence-corrected chi connectivity index (χ3v) is 7.14. The number of benzene rings is 2. The van der Waals surface area contributed by atoms with Gasteiger partial charge in [0.05, 0.1) is 18.6 Å². The van der Waals surface area contributed by atoms with E-state index in [1.54, 1.807) is 12.1 Å². The maximum atomic E-state index is 13.0. The Kier molecular flexibility index (Phi) is 9.54. The van der Waals surface area contributed by atoms with Crippen molar-refractivity contribution in [2.45, 2.75) is 50.0 Å². The van der Waals surface area contributed by atoms with Gasteiger partial charge < -0.3 is 35.0 Å². The number of hydrogen-bond donors (Lipinski definition) is 5. The number of carbonyl (C=O) groups excluding carboxylic acids is 2. The lowest BCUT2D eigenvalue weighted by Crippen LogP contribution is -2.58. The highest BCUT2D eigenvalue weighted by molar-refractivity contribution is 5.93. The van der Waals surface area contributed by atoms with Crippen molar-refractivity contribution in [3.05, 3.63) is 65.2 Å². The van der Waals surface area contributed by atoms with E-state index >= 15 is 0 Å². The van der Waals surface area contributed by atoms with E-state index in [1.165, 1.54) is 30.2 Å². The van der Waals surface area contributed by atoms with E-state index < -0.39 is 36.6 Å². The molecule has 11 nitrogen and oxygen atoms in total. The number of fused-ring (bicyclic) bond motifs is 1. The predicted molar refractivity (Wildman–Crippen MR) is 141 cm³/mol. The highest BCUT2D eigenvalue weighted by Gasteiger charge is 2.43. The molecule has 39 heavy (non-hydrogen) atoms. The Morgan fingerprint density at radius 2 is 1.74 bits per heavy atom. The molecular formula is C28H37N3O8. The highest BCUT2D eigenvalue weighted by Crippen LogP contribution is 2.38. The lowest BCUT2D eigenvalue weighted by molar-refractivity contribution is -0.304. The third-order valence-electron chi connectivity index (χ3n) is 7.14. The quantitative estimate of drug-likeness (QED) is 0.209. The molecule has 212 valence electrons. The molecule has 1 heterocycles. The van der Waals surface area contributed by atoms with Crippen LogP contribution in [0.15, 0.2) is 48.5 Å². The number of amides is 2. The van der Waals surface area contributed by atoms with Gasteiger partial charge in [-0.2, -0.15) is 0 Å². The molecule has 2 aromatic rings. The van der Waals surface area contributed by atoms with Crippen molar-refractivity contribution in [1.29, 1.82) is 0 Å². The van der Waals surface area contributed by atoms with Gasteiger partial charge in [0, 0.05) is 18.0 Å². The third kappa shape index (κ3) is 6.93. The van der Waals surface area contributed by atoms with Gasteiger partial charge in [0.1, 0.15) is 30.7 Å². The second kappa shape index (κ2) is 12.9. The molecule has 2 amide bonds. The van der Waals surface area contributed by atoms with Gasteiger partial charge in [-0.15, -0.1) is 0 Å². The minimum atomic E-state index is -1.53. The molecule has 1 aliphatic carbocycles. The molecule has 0 radical (unpaired) electrons. The number of aliphatic hydroxyl groups excluding tert-OH is 3. The normalized spacial score (nSPS) is 28.1. The van der Waals surface area contributed by atoms with Gasteiger partial charge in [0.25, 0.3) is 5.91 Å². The number of carbonyl (C=O) groups is 2. The van der Waals surface area contributed by atoms with Crippen LogP contribution in [0.25, 0.3) is 0 Å². The summed E-state index contributed by atoms with van der Waals surface area (Å²) in [6.07, 6.45) is -5.67. The summed E-state index contributed by atoms with van der Waals surface area (Å²) in [5, 5.41) is 32.5. The van der Waals surface area contributed by atoms with Crippen molar-refractivity contribution in [2.24, 2.45) is 5.92 Å². The van der Waals surface area contributed by atoms with Crippen LogP contribution in [-0.4, -0.2) is 96.5 Å². The smallest absolute Gasteiger partial charge is 0.274 e. The van der Waals surface area contributed by atoms with E-state index in [2.05, 4.69) is 27.8 Å². The molecule has 11 heteroatoms. The number of nitrogens with one attached hydrogen (secondary N) is 2. The topological polar surface area (TPSA) is 150 Å². The molecule has 1 aliphatic heterocycles. The van der Waals surface area contributed by atoms with Gasteiger partial charge in [-0.25, -0.2) is 10.3 Å². The fourth-order valence-corrected chi connectivity index (χ4v) is 5.03. The number of hydroxylamine groups is 1. The van der Waals surface area contributed by atoms with Crippen LogP contribution in [0.2, 0.25) is 0 Å². The zero-order valence-electron chi connectivity index (χ0n) is 22.3. The lowest BCUT2D eigenvalue weighted by atomic mass is 9.91. The number of hydrogen-bond acceptors (Lipinski definition) is 9. The number of rotatable bonds is 10. The molecular weight excluding hydrogens is 506 g/mol. The van der Waals surface area contributed by atoms with Crippen LogP contribution < -0.4 is 15.5 Å². The van der Waals surface area contributed by atoms with Gasteiger partial charge >= 0.3 is 0 Å². The Morgan fingerprint density at radius 1 is 1.03 bits per heavy atom. The summed E-state index contributed by atoms with van der Waals surface area (Å²) < 4.78 is 11.0. The van der Waals surface area contributed by atoms with Gasteiger partial charge in [-0.05, 0) is 62.8 Å². The van der Waals surface area contributed by atoms with Gasteiger partial charge in [-0.1, -0.05) is 24.3 Å². The molecule has 0 saturated carbocycles. The van der Waals surface area contributed by atoms with Crippen LogP contribution in [-0.2, 0) is 20.8 Å². The number of aliphatic hydroxyl groups is 3. The SMILES string of the molecule is C[C@@H]1O[C@@H](ONC(=O)c2ccc(OCCNC(=O)C3Cc4ccccc4C3CN(C)C)cc2)[C@@H](O)[C@H](O)[C@@H]1O. The summed E-state index contributed by atoms with van der Waals surface area (Å²) in [4.78, 5) is 32.6. The molecule has 5 N–H and O–H groups in total. The Labute approximate surface area is 227 Å². The van der Waals surface area contributed by atoms with E-state index in [1.807, 2.05) is 26.2 Å². The molecule has 2 unspecified atom stereocenters. The summed E-state index contributed by atoms with van der Waals surface area (Å²) >= 11 is 0. The fourth-order valence-electron chi connectivity index (χ4n) is 5.03. The van der Waals surface area contributed by atoms with Crippen LogP contribution >= 0.6 is 0 Å². The van der Waals surface area contributed by atoms with E-state index in [0.717, 1.165) is 13.0 Å². The zero-order valence-corrected chi connectivity index (χ0v) is 22.3. The zero-order chi connectivity index (χ0) is 28.1. The van der Waals surface area contributed by atoms with Gasteiger partial charge in [0.15, 0.2) is 0 Å². The van der Waals surface area contributed by atoms with Crippen molar-refractivity contribution in [3.63, 3.8) is 0 Å². The molecule has 7 atom stereocenters. The molecule has 0 spiro atoms. The molecule has 0 aromatic heterocycles. The first-order valence-corrected chi connectivity index (χ1v) is 13.0. The van der Waals surface area contributed by atoms with E-state index in [0.29, 0.717) is 12.3 Å². The summed E-state index contributed by atoms with van der Waals surface area (Å²) in [7, 11) is 4.03. The molecule has 0 bridgehead atoms. The Morgan fingerprint density at radius 3 is 2.46 bits per heavy atom. The Balaban J connectivity index is 1.21.